The van der Waals surface area contributed by atoms with E-state index in [1.165, 1.54) is 4.90 Å². The monoisotopic (exact) mass is 293 g/mol. The summed E-state index contributed by atoms with van der Waals surface area (Å²) in [5, 5.41) is 18.4. The van der Waals surface area contributed by atoms with E-state index < -0.39 is 18.0 Å². The highest BCUT2D eigenvalue weighted by molar-refractivity contribution is 5.73. The number of benzene rings is 1. The zero-order chi connectivity index (χ0) is 15.2. The van der Waals surface area contributed by atoms with Crippen LogP contribution in [0.1, 0.15) is 18.4 Å². The molecule has 0 radical (unpaired) electrons. The van der Waals surface area contributed by atoms with Crippen LogP contribution < -0.4 is 0 Å². The summed E-state index contributed by atoms with van der Waals surface area (Å²) >= 11 is 0. The molecule has 1 fully saturated rings. The molecule has 2 rings (SSSR count). The van der Waals surface area contributed by atoms with Crippen molar-refractivity contribution in [3.63, 3.8) is 0 Å². The van der Waals surface area contributed by atoms with Gasteiger partial charge in [0.1, 0.15) is 6.61 Å². The Kier molecular flexibility index (Phi) is 5.16. The molecule has 1 aliphatic rings. The van der Waals surface area contributed by atoms with E-state index in [-0.39, 0.29) is 25.8 Å². The number of aliphatic carboxylic acids is 1. The van der Waals surface area contributed by atoms with Crippen LogP contribution in [0.25, 0.3) is 0 Å². The van der Waals surface area contributed by atoms with Crippen LogP contribution in [-0.4, -0.2) is 46.4 Å². The maximum atomic E-state index is 12.1. The Hall–Kier alpha value is -2.08. The van der Waals surface area contributed by atoms with Crippen molar-refractivity contribution in [2.75, 3.05) is 13.2 Å². The van der Waals surface area contributed by atoms with Crippen molar-refractivity contribution < 1.29 is 24.5 Å². The Balaban J connectivity index is 1.96. The molecular formula is C15H19NO5. The van der Waals surface area contributed by atoms with Crippen molar-refractivity contribution in [2.45, 2.75) is 25.5 Å². The van der Waals surface area contributed by atoms with Crippen molar-refractivity contribution in [3.05, 3.63) is 35.9 Å². The molecule has 0 aromatic heterocycles. The number of amides is 1. The largest absolute Gasteiger partial charge is 0.481 e. The van der Waals surface area contributed by atoms with Gasteiger partial charge in [-0.15, -0.1) is 0 Å². The van der Waals surface area contributed by atoms with Crippen LogP contribution in [0.4, 0.5) is 4.79 Å². The predicted molar refractivity (Wildman–Crippen MR) is 74.6 cm³/mol. The number of rotatable bonds is 4. The Bertz CT molecular complexity index is 490. The first kappa shape index (κ1) is 15.3. The molecule has 21 heavy (non-hydrogen) atoms. The summed E-state index contributed by atoms with van der Waals surface area (Å²) < 4.78 is 5.21. The number of hydrogen-bond acceptors (Lipinski definition) is 4. The van der Waals surface area contributed by atoms with Gasteiger partial charge >= 0.3 is 12.1 Å². The van der Waals surface area contributed by atoms with Crippen LogP contribution in [0.5, 0.6) is 0 Å². The molecule has 1 amide bonds. The summed E-state index contributed by atoms with van der Waals surface area (Å²) in [5.41, 5.74) is 0.859. The van der Waals surface area contributed by atoms with E-state index in [4.69, 9.17) is 9.84 Å². The van der Waals surface area contributed by atoms with Gasteiger partial charge in [0.2, 0.25) is 0 Å². The first-order valence-electron chi connectivity index (χ1n) is 6.92. The maximum Gasteiger partial charge on any atom is 0.410 e. The average Bonchev–Trinajstić information content (AvgIpc) is 2.52. The van der Waals surface area contributed by atoms with E-state index in [0.29, 0.717) is 12.8 Å². The van der Waals surface area contributed by atoms with E-state index >= 15 is 0 Å². The standard InChI is InChI=1S/C15H19NO5/c17-9-13-7-6-12(14(18)19)8-16(13)15(20)21-10-11-4-2-1-3-5-11/h1-5,12-13,17H,6-10H2,(H,18,19). The number of likely N-dealkylation sites (tertiary alicyclic amines) is 1. The van der Waals surface area contributed by atoms with E-state index in [9.17, 15) is 14.7 Å². The Morgan fingerprint density at radius 2 is 1.95 bits per heavy atom. The topological polar surface area (TPSA) is 87.1 Å². The third-order valence-corrected chi connectivity index (χ3v) is 3.71. The first-order valence-corrected chi connectivity index (χ1v) is 6.92. The number of carboxylic acid groups (broad SMARTS) is 1. The summed E-state index contributed by atoms with van der Waals surface area (Å²) in [4.78, 5) is 24.5. The zero-order valence-corrected chi connectivity index (χ0v) is 11.6. The minimum Gasteiger partial charge on any atom is -0.481 e. The van der Waals surface area contributed by atoms with E-state index in [1.807, 2.05) is 30.3 Å². The fraction of sp³-hybridized carbons (Fsp3) is 0.467. The lowest BCUT2D eigenvalue weighted by atomic mass is 9.93. The van der Waals surface area contributed by atoms with Gasteiger partial charge in [-0.25, -0.2) is 4.79 Å². The lowest BCUT2D eigenvalue weighted by Crippen LogP contribution is -2.50. The van der Waals surface area contributed by atoms with Crippen molar-refractivity contribution in [2.24, 2.45) is 5.92 Å². The lowest BCUT2D eigenvalue weighted by Gasteiger charge is -2.36. The normalized spacial score (nSPS) is 21.9. The summed E-state index contributed by atoms with van der Waals surface area (Å²) in [6.45, 7) is 0.0209. The number of piperidine rings is 1. The van der Waals surface area contributed by atoms with Crippen LogP contribution in [0.3, 0.4) is 0 Å². The zero-order valence-electron chi connectivity index (χ0n) is 11.6. The van der Waals surface area contributed by atoms with Crippen molar-refractivity contribution >= 4 is 12.1 Å². The minimum atomic E-state index is -0.924. The number of carbonyl (C=O) groups is 2. The third-order valence-electron chi connectivity index (χ3n) is 3.71. The SMILES string of the molecule is O=C(O)C1CCC(CO)N(C(=O)OCc2ccccc2)C1. The van der Waals surface area contributed by atoms with E-state index in [2.05, 4.69) is 0 Å². The molecule has 1 aromatic carbocycles. The highest BCUT2D eigenvalue weighted by atomic mass is 16.6. The molecular weight excluding hydrogens is 274 g/mol. The van der Waals surface area contributed by atoms with Gasteiger partial charge in [0, 0.05) is 6.54 Å². The molecule has 1 aliphatic heterocycles. The third kappa shape index (κ3) is 3.95. The van der Waals surface area contributed by atoms with Gasteiger partial charge in [-0.3, -0.25) is 4.79 Å². The lowest BCUT2D eigenvalue weighted by molar-refractivity contribution is -0.144. The van der Waals surface area contributed by atoms with Crippen LogP contribution in [-0.2, 0) is 16.1 Å². The summed E-state index contributed by atoms with van der Waals surface area (Å²) in [6.07, 6.45) is 0.348. The summed E-state index contributed by atoms with van der Waals surface area (Å²) in [6, 6.07) is 8.88. The van der Waals surface area contributed by atoms with Gasteiger partial charge in [-0.05, 0) is 18.4 Å². The number of carbonyl (C=O) groups excluding carboxylic acids is 1. The van der Waals surface area contributed by atoms with Gasteiger partial charge in [0.05, 0.1) is 18.6 Å². The molecule has 0 bridgehead atoms. The van der Waals surface area contributed by atoms with Crippen LogP contribution in [0.2, 0.25) is 0 Å². The smallest absolute Gasteiger partial charge is 0.410 e. The quantitative estimate of drug-likeness (QED) is 0.878. The number of hydrogen-bond donors (Lipinski definition) is 2. The number of carboxylic acids is 1. The fourth-order valence-corrected chi connectivity index (χ4v) is 2.44. The Labute approximate surface area is 122 Å². The Morgan fingerprint density at radius 3 is 2.57 bits per heavy atom. The molecule has 1 saturated heterocycles. The second kappa shape index (κ2) is 7.08. The van der Waals surface area contributed by atoms with E-state index in [1.54, 1.807) is 0 Å². The van der Waals surface area contributed by atoms with Gasteiger partial charge in [-0.2, -0.15) is 0 Å². The molecule has 0 saturated carbocycles. The maximum absolute atomic E-state index is 12.1. The molecule has 6 nitrogen and oxygen atoms in total. The van der Waals surface area contributed by atoms with Gasteiger partial charge in [0.15, 0.2) is 0 Å². The molecule has 2 unspecified atom stereocenters. The molecule has 2 atom stereocenters. The van der Waals surface area contributed by atoms with Crippen molar-refractivity contribution in [1.29, 1.82) is 0 Å². The number of ether oxygens (including phenoxy) is 1. The first-order chi connectivity index (χ1) is 10.1. The average molecular weight is 293 g/mol. The van der Waals surface area contributed by atoms with Crippen molar-refractivity contribution in [1.82, 2.24) is 4.90 Å². The Morgan fingerprint density at radius 1 is 1.24 bits per heavy atom. The van der Waals surface area contributed by atoms with Gasteiger partial charge in [0.25, 0.3) is 0 Å². The molecule has 0 aliphatic carbocycles. The van der Waals surface area contributed by atoms with Crippen LogP contribution in [0.15, 0.2) is 30.3 Å². The molecule has 0 spiro atoms. The second-order valence-electron chi connectivity index (χ2n) is 5.14. The molecule has 2 N–H and O–H groups in total. The van der Waals surface area contributed by atoms with Crippen molar-refractivity contribution in [3.8, 4) is 0 Å². The van der Waals surface area contributed by atoms with Crippen LogP contribution >= 0.6 is 0 Å². The fourth-order valence-electron chi connectivity index (χ4n) is 2.44. The van der Waals surface area contributed by atoms with Gasteiger partial charge < -0.3 is 19.8 Å². The van der Waals surface area contributed by atoms with E-state index in [0.717, 1.165) is 5.56 Å². The molecule has 1 aromatic rings. The van der Waals surface area contributed by atoms with Gasteiger partial charge in [-0.1, -0.05) is 30.3 Å². The second-order valence-corrected chi connectivity index (χ2v) is 5.14. The highest BCUT2D eigenvalue weighted by Crippen LogP contribution is 2.23. The van der Waals surface area contributed by atoms with Crippen LogP contribution in [0, 0.1) is 5.92 Å². The summed E-state index contributed by atoms with van der Waals surface area (Å²) in [7, 11) is 0. The minimum absolute atomic E-state index is 0.0776. The number of nitrogens with zero attached hydrogens (tertiary/aromatic N) is 1. The highest BCUT2D eigenvalue weighted by Gasteiger charge is 2.35. The predicted octanol–water partition coefficient (Wildman–Crippen LogP) is 1.48. The summed E-state index contributed by atoms with van der Waals surface area (Å²) in [5.74, 6) is -1.52. The molecule has 1 heterocycles. The molecule has 6 heteroatoms. The number of aliphatic hydroxyl groups excluding tert-OH is 1. The molecule has 114 valence electrons. The number of aliphatic hydroxyl groups is 1.